The van der Waals surface area contributed by atoms with Gasteiger partial charge in [0.1, 0.15) is 0 Å². The van der Waals surface area contributed by atoms with E-state index >= 15 is 0 Å². The summed E-state index contributed by atoms with van der Waals surface area (Å²) < 4.78 is 0. The quantitative estimate of drug-likeness (QED) is 0.629. The van der Waals surface area contributed by atoms with Crippen LogP contribution in [0.2, 0.25) is 0 Å². The lowest BCUT2D eigenvalue weighted by Crippen LogP contribution is -2.40. The van der Waals surface area contributed by atoms with Crippen molar-refractivity contribution in [1.29, 1.82) is 0 Å². The van der Waals surface area contributed by atoms with Crippen LogP contribution >= 0.6 is 0 Å². The predicted molar refractivity (Wildman–Crippen MR) is 57.0 cm³/mol. The largest absolute Gasteiger partial charge is 0.396 e. The maximum Gasteiger partial charge on any atom is 0.0446 e. The second-order valence-electron chi connectivity index (χ2n) is 4.90. The molecule has 2 rings (SSSR count). The Morgan fingerprint density at radius 1 is 1.29 bits per heavy atom. The summed E-state index contributed by atoms with van der Waals surface area (Å²) in [7, 11) is 0. The van der Waals surface area contributed by atoms with E-state index in [9.17, 15) is 0 Å². The summed E-state index contributed by atoms with van der Waals surface area (Å²) in [6.07, 6.45) is 6.29. The second-order valence-corrected chi connectivity index (χ2v) is 4.90. The highest BCUT2D eigenvalue weighted by Crippen LogP contribution is 2.34. The van der Waals surface area contributed by atoms with Gasteiger partial charge in [-0.1, -0.05) is 0 Å². The molecule has 0 spiro atoms. The molecule has 0 heterocycles. The first-order chi connectivity index (χ1) is 6.79. The number of nitrogens with zero attached hydrogens (tertiary/aromatic N) is 1. The van der Waals surface area contributed by atoms with E-state index in [0.717, 1.165) is 24.9 Å². The van der Waals surface area contributed by atoms with Gasteiger partial charge >= 0.3 is 0 Å². The fraction of sp³-hybridized carbons (Fsp3) is 1.00. The molecule has 82 valence electrons. The Morgan fingerprint density at radius 2 is 2.00 bits per heavy atom. The zero-order chi connectivity index (χ0) is 9.97. The van der Waals surface area contributed by atoms with Crippen LogP contribution in [0.5, 0.6) is 0 Å². The standard InChI is InChI=1S/C11H22N2O/c12-10(5-6-14)8-13(11-3-4-11)7-9-1-2-9/h9-11,14H,1-8,12H2. The Hall–Kier alpha value is -0.120. The molecule has 0 amide bonds. The van der Waals surface area contributed by atoms with Gasteiger partial charge in [-0.15, -0.1) is 0 Å². The molecule has 2 fully saturated rings. The lowest BCUT2D eigenvalue weighted by molar-refractivity contribution is 0.212. The minimum absolute atomic E-state index is 0.166. The molecule has 0 aromatic rings. The average molecular weight is 198 g/mol. The van der Waals surface area contributed by atoms with Gasteiger partial charge < -0.3 is 10.8 Å². The Kier molecular flexibility index (Phi) is 3.42. The topological polar surface area (TPSA) is 49.5 Å². The SMILES string of the molecule is NC(CCO)CN(CC1CC1)C1CC1. The number of aliphatic hydroxyl groups is 1. The third-order valence-electron chi connectivity index (χ3n) is 3.22. The van der Waals surface area contributed by atoms with Crippen molar-refractivity contribution in [1.82, 2.24) is 4.90 Å². The third kappa shape index (κ3) is 3.23. The van der Waals surface area contributed by atoms with Gasteiger partial charge in [-0.25, -0.2) is 0 Å². The Balaban J connectivity index is 1.71. The van der Waals surface area contributed by atoms with Crippen LogP contribution in [0.1, 0.15) is 32.1 Å². The van der Waals surface area contributed by atoms with Crippen molar-refractivity contribution in [2.75, 3.05) is 19.7 Å². The van der Waals surface area contributed by atoms with Crippen LogP contribution in [0.3, 0.4) is 0 Å². The summed E-state index contributed by atoms with van der Waals surface area (Å²) in [5, 5.41) is 8.80. The van der Waals surface area contributed by atoms with E-state index in [4.69, 9.17) is 10.8 Å². The lowest BCUT2D eigenvalue weighted by Gasteiger charge is -2.25. The Bertz CT molecular complexity index is 178. The summed E-state index contributed by atoms with van der Waals surface area (Å²) in [4.78, 5) is 2.55. The highest BCUT2D eigenvalue weighted by atomic mass is 16.3. The van der Waals surface area contributed by atoms with Gasteiger partial charge in [0.15, 0.2) is 0 Å². The Labute approximate surface area is 86.3 Å². The fourth-order valence-electron chi connectivity index (χ4n) is 2.00. The molecular weight excluding hydrogens is 176 g/mol. The molecule has 1 atom stereocenters. The molecule has 0 aliphatic heterocycles. The zero-order valence-electron chi connectivity index (χ0n) is 8.86. The summed E-state index contributed by atoms with van der Waals surface area (Å²) in [6, 6.07) is 0.986. The van der Waals surface area contributed by atoms with Crippen molar-refractivity contribution >= 4 is 0 Å². The van der Waals surface area contributed by atoms with E-state index in [1.807, 2.05) is 0 Å². The van der Waals surface area contributed by atoms with Crippen molar-refractivity contribution in [2.24, 2.45) is 11.7 Å². The highest BCUT2D eigenvalue weighted by Gasteiger charge is 2.33. The van der Waals surface area contributed by atoms with Crippen molar-refractivity contribution in [3.63, 3.8) is 0 Å². The van der Waals surface area contributed by atoms with Crippen molar-refractivity contribution in [3.8, 4) is 0 Å². The smallest absolute Gasteiger partial charge is 0.0446 e. The summed E-state index contributed by atoms with van der Waals surface area (Å²) in [5.74, 6) is 0.955. The minimum Gasteiger partial charge on any atom is -0.396 e. The van der Waals surface area contributed by atoms with Gasteiger partial charge in [0, 0.05) is 31.8 Å². The van der Waals surface area contributed by atoms with Crippen LogP contribution in [0.4, 0.5) is 0 Å². The highest BCUT2D eigenvalue weighted by molar-refractivity contribution is 4.89. The van der Waals surface area contributed by atoms with Gasteiger partial charge in [-0.05, 0) is 38.0 Å². The number of aliphatic hydroxyl groups excluding tert-OH is 1. The summed E-state index contributed by atoms with van der Waals surface area (Å²) in [5.41, 5.74) is 5.95. The van der Waals surface area contributed by atoms with Crippen LogP contribution in [-0.4, -0.2) is 41.8 Å². The third-order valence-corrected chi connectivity index (χ3v) is 3.22. The molecular formula is C11H22N2O. The monoisotopic (exact) mass is 198 g/mol. The zero-order valence-corrected chi connectivity index (χ0v) is 8.86. The van der Waals surface area contributed by atoms with E-state index in [1.54, 1.807) is 0 Å². The van der Waals surface area contributed by atoms with Gasteiger partial charge in [0.05, 0.1) is 0 Å². The molecule has 2 aliphatic rings. The van der Waals surface area contributed by atoms with Gasteiger partial charge in [-0.2, -0.15) is 0 Å². The van der Waals surface area contributed by atoms with Crippen LogP contribution < -0.4 is 5.73 Å². The number of hydrogen-bond donors (Lipinski definition) is 2. The molecule has 3 N–H and O–H groups in total. The second kappa shape index (κ2) is 4.60. The molecule has 1 unspecified atom stereocenters. The van der Waals surface area contributed by atoms with E-state index < -0.39 is 0 Å². The first kappa shape index (κ1) is 10.4. The first-order valence-electron chi connectivity index (χ1n) is 5.90. The van der Waals surface area contributed by atoms with Crippen LogP contribution in [0.15, 0.2) is 0 Å². The summed E-state index contributed by atoms with van der Waals surface area (Å²) in [6.45, 7) is 2.47. The number of nitrogens with two attached hydrogens (primary N) is 1. The normalized spacial score (nSPS) is 24.2. The lowest BCUT2D eigenvalue weighted by atomic mass is 10.2. The van der Waals surface area contributed by atoms with E-state index in [-0.39, 0.29) is 12.6 Å². The summed E-state index contributed by atoms with van der Waals surface area (Å²) >= 11 is 0. The van der Waals surface area contributed by atoms with Crippen molar-refractivity contribution in [2.45, 2.75) is 44.2 Å². The molecule has 2 saturated carbocycles. The van der Waals surface area contributed by atoms with Gasteiger partial charge in [-0.3, -0.25) is 4.90 Å². The fourth-order valence-corrected chi connectivity index (χ4v) is 2.00. The van der Waals surface area contributed by atoms with Crippen LogP contribution in [0, 0.1) is 5.92 Å². The maximum absolute atomic E-state index is 8.80. The minimum atomic E-state index is 0.166. The van der Waals surface area contributed by atoms with Crippen molar-refractivity contribution < 1.29 is 5.11 Å². The molecule has 2 aliphatic carbocycles. The number of hydrogen-bond acceptors (Lipinski definition) is 3. The molecule has 0 bridgehead atoms. The molecule has 14 heavy (non-hydrogen) atoms. The molecule has 3 heteroatoms. The van der Waals surface area contributed by atoms with Gasteiger partial charge in [0.2, 0.25) is 0 Å². The molecule has 0 aromatic heterocycles. The van der Waals surface area contributed by atoms with E-state index in [0.29, 0.717) is 0 Å². The molecule has 0 radical (unpaired) electrons. The van der Waals surface area contributed by atoms with Crippen molar-refractivity contribution in [3.05, 3.63) is 0 Å². The molecule has 0 saturated heterocycles. The number of rotatable bonds is 7. The average Bonchev–Trinajstić information content (AvgIpc) is 3.00. The molecule has 0 aromatic carbocycles. The predicted octanol–water partition coefficient (Wildman–Crippen LogP) is 0.570. The van der Waals surface area contributed by atoms with Gasteiger partial charge in [0.25, 0.3) is 0 Å². The van der Waals surface area contributed by atoms with Crippen LogP contribution in [0.25, 0.3) is 0 Å². The first-order valence-corrected chi connectivity index (χ1v) is 5.90. The van der Waals surface area contributed by atoms with E-state index in [1.165, 1.54) is 32.2 Å². The van der Waals surface area contributed by atoms with Crippen LogP contribution in [-0.2, 0) is 0 Å². The van der Waals surface area contributed by atoms with E-state index in [2.05, 4.69) is 4.90 Å². The maximum atomic E-state index is 8.80. The molecule has 3 nitrogen and oxygen atoms in total. The Morgan fingerprint density at radius 3 is 2.50 bits per heavy atom.